The Morgan fingerprint density at radius 2 is 2.12 bits per heavy atom. The lowest BCUT2D eigenvalue weighted by Gasteiger charge is -2.23. The Hall–Kier alpha value is -1.84. The van der Waals surface area contributed by atoms with Gasteiger partial charge in [-0.15, -0.1) is 0 Å². The SMILES string of the molecule is C(=Nc1cccc2cn[nH]c12)N1CCCCC1. The Morgan fingerprint density at radius 1 is 1.24 bits per heavy atom. The first-order valence-electron chi connectivity index (χ1n) is 6.14. The number of aromatic nitrogens is 2. The van der Waals surface area contributed by atoms with Crippen molar-refractivity contribution in [2.45, 2.75) is 19.3 Å². The molecule has 1 saturated heterocycles. The lowest BCUT2D eigenvalue weighted by atomic mass is 10.1. The molecule has 1 N–H and O–H groups in total. The summed E-state index contributed by atoms with van der Waals surface area (Å²) in [5, 5.41) is 8.15. The van der Waals surface area contributed by atoms with Gasteiger partial charge in [0.25, 0.3) is 0 Å². The number of nitrogens with one attached hydrogen (secondary N) is 1. The smallest absolute Gasteiger partial charge is 0.0913 e. The maximum Gasteiger partial charge on any atom is 0.0913 e. The Balaban J connectivity index is 1.83. The van der Waals surface area contributed by atoms with Crippen LogP contribution in [0.3, 0.4) is 0 Å². The number of piperidine rings is 1. The molecule has 1 fully saturated rings. The van der Waals surface area contributed by atoms with E-state index in [1.165, 1.54) is 19.3 Å². The van der Waals surface area contributed by atoms with Gasteiger partial charge in [-0.05, 0) is 25.3 Å². The lowest BCUT2D eigenvalue weighted by Crippen LogP contribution is -2.27. The van der Waals surface area contributed by atoms with Crippen molar-refractivity contribution < 1.29 is 0 Å². The average molecular weight is 228 g/mol. The lowest BCUT2D eigenvalue weighted by molar-refractivity contribution is 0.351. The number of aliphatic imine (C=N–C) groups is 1. The van der Waals surface area contributed by atoms with Gasteiger partial charge in [-0.3, -0.25) is 5.10 Å². The molecule has 0 spiro atoms. The molecule has 0 aliphatic carbocycles. The van der Waals surface area contributed by atoms with Gasteiger partial charge in [0.15, 0.2) is 0 Å². The first kappa shape index (κ1) is 10.3. The summed E-state index contributed by atoms with van der Waals surface area (Å²) in [6, 6.07) is 6.07. The highest BCUT2D eigenvalue weighted by Crippen LogP contribution is 2.23. The zero-order valence-corrected chi connectivity index (χ0v) is 9.76. The maximum absolute atomic E-state index is 4.56. The van der Waals surface area contributed by atoms with Gasteiger partial charge in [0.2, 0.25) is 0 Å². The summed E-state index contributed by atoms with van der Waals surface area (Å²) >= 11 is 0. The molecular weight excluding hydrogens is 212 g/mol. The maximum atomic E-state index is 4.56. The molecule has 1 aliphatic rings. The van der Waals surface area contributed by atoms with Crippen LogP contribution in [-0.4, -0.2) is 34.5 Å². The van der Waals surface area contributed by atoms with Gasteiger partial charge in [0.1, 0.15) is 0 Å². The van der Waals surface area contributed by atoms with Crippen molar-refractivity contribution >= 4 is 22.9 Å². The van der Waals surface area contributed by atoms with Crippen LogP contribution in [0.4, 0.5) is 5.69 Å². The van der Waals surface area contributed by atoms with Gasteiger partial charge in [0.05, 0.1) is 23.7 Å². The van der Waals surface area contributed by atoms with Crippen LogP contribution in [-0.2, 0) is 0 Å². The summed E-state index contributed by atoms with van der Waals surface area (Å²) in [5.74, 6) is 0. The van der Waals surface area contributed by atoms with Gasteiger partial charge in [-0.1, -0.05) is 12.1 Å². The van der Waals surface area contributed by atoms with Crippen LogP contribution in [0.25, 0.3) is 10.9 Å². The van der Waals surface area contributed by atoms with E-state index in [9.17, 15) is 0 Å². The molecule has 4 nitrogen and oxygen atoms in total. The molecule has 1 aliphatic heterocycles. The van der Waals surface area contributed by atoms with Crippen LogP contribution in [0, 0.1) is 0 Å². The Bertz CT molecular complexity index is 523. The summed E-state index contributed by atoms with van der Waals surface area (Å²) in [7, 11) is 0. The predicted octanol–water partition coefficient (Wildman–Crippen LogP) is 2.71. The van der Waals surface area contributed by atoms with Crippen LogP contribution in [0.15, 0.2) is 29.4 Å². The Morgan fingerprint density at radius 3 is 3.00 bits per heavy atom. The second-order valence-corrected chi connectivity index (χ2v) is 4.45. The van der Waals surface area contributed by atoms with E-state index in [2.05, 4.69) is 20.1 Å². The van der Waals surface area contributed by atoms with E-state index in [1.807, 2.05) is 30.7 Å². The molecule has 0 bridgehead atoms. The summed E-state index contributed by atoms with van der Waals surface area (Å²) in [5.41, 5.74) is 1.98. The molecule has 0 unspecified atom stereocenters. The average Bonchev–Trinajstić information content (AvgIpc) is 2.86. The number of benzene rings is 1. The molecule has 0 radical (unpaired) electrons. The number of fused-ring (bicyclic) bond motifs is 1. The monoisotopic (exact) mass is 228 g/mol. The van der Waals surface area contributed by atoms with Gasteiger partial charge < -0.3 is 4.90 Å². The van der Waals surface area contributed by atoms with Gasteiger partial charge in [0, 0.05) is 18.5 Å². The number of nitrogens with zero attached hydrogens (tertiary/aromatic N) is 3. The number of aromatic amines is 1. The second kappa shape index (κ2) is 4.57. The largest absolute Gasteiger partial charge is 0.363 e. The quantitative estimate of drug-likeness (QED) is 0.634. The summed E-state index contributed by atoms with van der Waals surface area (Å²) < 4.78 is 0. The fraction of sp³-hybridized carbons (Fsp3) is 0.385. The van der Waals surface area contributed by atoms with Crippen LogP contribution < -0.4 is 0 Å². The highest BCUT2D eigenvalue weighted by molar-refractivity contribution is 5.89. The van der Waals surface area contributed by atoms with Gasteiger partial charge in [-0.2, -0.15) is 5.10 Å². The van der Waals surface area contributed by atoms with E-state index in [0.29, 0.717) is 0 Å². The molecular formula is C13H16N4. The molecule has 0 amide bonds. The number of para-hydroxylation sites is 1. The molecule has 1 aromatic heterocycles. The van der Waals surface area contributed by atoms with Crippen molar-refractivity contribution in [1.29, 1.82) is 0 Å². The van der Waals surface area contributed by atoms with Crippen LogP contribution in [0.5, 0.6) is 0 Å². The van der Waals surface area contributed by atoms with E-state index in [4.69, 9.17) is 0 Å². The topological polar surface area (TPSA) is 44.3 Å². The molecule has 17 heavy (non-hydrogen) atoms. The van der Waals surface area contributed by atoms with Gasteiger partial charge >= 0.3 is 0 Å². The minimum Gasteiger partial charge on any atom is -0.363 e. The zero-order chi connectivity index (χ0) is 11.5. The number of likely N-dealkylation sites (tertiary alicyclic amines) is 1. The minimum absolute atomic E-state index is 0.963. The van der Waals surface area contributed by atoms with E-state index in [0.717, 1.165) is 29.7 Å². The molecule has 0 atom stereocenters. The third kappa shape index (κ3) is 2.16. The minimum atomic E-state index is 0.963. The van der Waals surface area contributed by atoms with Crippen molar-refractivity contribution in [3.63, 3.8) is 0 Å². The number of rotatable bonds is 2. The Labute approximate surface area is 100 Å². The molecule has 1 aromatic carbocycles. The zero-order valence-electron chi connectivity index (χ0n) is 9.76. The highest BCUT2D eigenvalue weighted by atomic mass is 15.2. The fourth-order valence-corrected chi connectivity index (χ4v) is 2.24. The normalized spacial score (nSPS) is 17.1. The molecule has 3 rings (SSSR count). The van der Waals surface area contributed by atoms with E-state index >= 15 is 0 Å². The summed E-state index contributed by atoms with van der Waals surface area (Å²) in [6.45, 7) is 2.25. The third-order valence-electron chi connectivity index (χ3n) is 3.21. The van der Waals surface area contributed by atoms with Crippen LogP contribution >= 0.6 is 0 Å². The van der Waals surface area contributed by atoms with Crippen molar-refractivity contribution in [3.05, 3.63) is 24.4 Å². The van der Waals surface area contributed by atoms with Crippen molar-refractivity contribution in [3.8, 4) is 0 Å². The molecule has 2 aromatic rings. The first-order chi connectivity index (χ1) is 8.43. The highest BCUT2D eigenvalue weighted by Gasteiger charge is 2.06. The van der Waals surface area contributed by atoms with Crippen molar-refractivity contribution in [2.75, 3.05) is 13.1 Å². The van der Waals surface area contributed by atoms with E-state index < -0.39 is 0 Å². The summed E-state index contributed by atoms with van der Waals surface area (Å²) in [6.07, 6.45) is 7.70. The van der Waals surface area contributed by atoms with Crippen molar-refractivity contribution in [2.24, 2.45) is 4.99 Å². The van der Waals surface area contributed by atoms with Gasteiger partial charge in [-0.25, -0.2) is 4.99 Å². The van der Waals surface area contributed by atoms with E-state index in [-0.39, 0.29) is 0 Å². The molecule has 0 saturated carbocycles. The van der Waals surface area contributed by atoms with Crippen molar-refractivity contribution in [1.82, 2.24) is 15.1 Å². The van der Waals surface area contributed by atoms with Crippen LogP contribution in [0.2, 0.25) is 0 Å². The van der Waals surface area contributed by atoms with E-state index in [1.54, 1.807) is 0 Å². The number of hydrogen-bond acceptors (Lipinski definition) is 2. The second-order valence-electron chi connectivity index (χ2n) is 4.45. The van der Waals surface area contributed by atoms with Crippen LogP contribution in [0.1, 0.15) is 19.3 Å². The molecule has 2 heterocycles. The fourth-order valence-electron chi connectivity index (χ4n) is 2.24. The predicted molar refractivity (Wildman–Crippen MR) is 69.7 cm³/mol. The molecule has 88 valence electrons. The molecule has 4 heteroatoms. The summed E-state index contributed by atoms with van der Waals surface area (Å²) in [4.78, 5) is 6.85. The third-order valence-corrected chi connectivity index (χ3v) is 3.21. The Kier molecular flexibility index (Phi) is 2.78. The number of hydrogen-bond donors (Lipinski definition) is 1. The number of H-pyrrole nitrogens is 1. The standard InChI is InChI=1S/C13H16N4/c1-2-7-17(8-3-1)10-14-12-6-4-5-11-9-15-16-13(11)12/h4-6,9-10H,1-3,7-8H2,(H,15,16). The first-order valence-corrected chi connectivity index (χ1v) is 6.14.